The van der Waals surface area contributed by atoms with Gasteiger partial charge in [-0.3, -0.25) is 14.6 Å². The van der Waals surface area contributed by atoms with E-state index in [4.69, 9.17) is 0 Å². The molecule has 2 amide bonds. The number of halogens is 1. The first kappa shape index (κ1) is 25.1. The maximum absolute atomic E-state index is 15.1. The van der Waals surface area contributed by atoms with E-state index in [9.17, 15) is 23.1 Å². The lowest BCUT2D eigenvalue weighted by Crippen LogP contribution is -2.60. The Morgan fingerprint density at radius 2 is 2.09 bits per heavy atom. The van der Waals surface area contributed by atoms with E-state index in [0.29, 0.717) is 44.5 Å². The van der Waals surface area contributed by atoms with Crippen molar-refractivity contribution in [3.05, 3.63) is 53.6 Å². The van der Waals surface area contributed by atoms with Crippen molar-refractivity contribution in [1.82, 2.24) is 15.2 Å². The summed E-state index contributed by atoms with van der Waals surface area (Å²) in [6.45, 7) is 0.903. The number of aliphatic hydroxyl groups excluding tert-OH is 1. The number of hydrogen-bond donors (Lipinski definition) is 3. The molecular weight excluding hydrogens is 475 g/mol. The molecule has 4 rings (SSSR count). The second-order valence-electron chi connectivity index (χ2n) is 9.07. The van der Waals surface area contributed by atoms with E-state index in [0.717, 1.165) is 17.9 Å². The number of carbonyl (C=O) groups excluding carboxylic acids is 2. The maximum Gasteiger partial charge on any atom is 0.254 e. The number of amides is 2. The number of anilines is 1. The molecule has 2 unspecified atom stereocenters. The number of piperidine rings is 2. The second kappa shape index (κ2) is 9.90. The number of sulfone groups is 1. The Morgan fingerprint density at radius 3 is 2.71 bits per heavy atom. The number of likely N-dealkylation sites (tertiary alicyclic amines) is 1. The maximum atomic E-state index is 15.1. The number of nitrogens with zero attached hydrogens (tertiary/aromatic N) is 2. The molecule has 188 valence electrons. The van der Waals surface area contributed by atoms with Crippen LogP contribution in [0.3, 0.4) is 0 Å². The molecule has 3 heterocycles. The molecule has 2 fully saturated rings. The van der Waals surface area contributed by atoms with Gasteiger partial charge in [-0.05, 0) is 55.5 Å². The number of nitrogens with one attached hydrogen (secondary N) is 2. The van der Waals surface area contributed by atoms with Gasteiger partial charge in [0.25, 0.3) is 5.91 Å². The normalized spacial score (nSPS) is 23.2. The zero-order chi connectivity index (χ0) is 25.2. The van der Waals surface area contributed by atoms with Crippen LogP contribution in [0.15, 0.2) is 41.4 Å². The van der Waals surface area contributed by atoms with Gasteiger partial charge in [0.2, 0.25) is 5.91 Å². The average molecular weight is 505 g/mol. The number of carbonyl (C=O) groups is 2. The molecule has 0 aliphatic carbocycles. The van der Waals surface area contributed by atoms with Crippen molar-refractivity contribution in [2.45, 2.75) is 48.6 Å². The second-order valence-corrected chi connectivity index (χ2v) is 11.1. The van der Waals surface area contributed by atoms with Crippen molar-refractivity contribution in [2.24, 2.45) is 0 Å². The third-order valence-electron chi connectivity index (χ3n) is 6.62. The van der Waals surface area contributed by atoms with Crippen LogP contribution in [-0.4, -0.2) is 67.2 Å². The van der Waals surface area contributed by atoms with Crippen molar-refractivity contribution in [2.75, 3.05) is 31.3 Å². The third-order valence-corrected chi connectivity index (χ3v) is 7.73. The van der Waals surface area contributed by atoms with Crippen molar-refractivity contribution in [3.8, 4) is 0 Å². The Bertz CT molecular complexity index is 1220. The predicted molar refractivity (Wildman–Crippen MR) is 127 cm³/mol. The summed E-state index contributed by atoms with van der Waals surface area (Å²) < 4.78 is 38.8. The Morgan fingerprint density at radius 1 is 1.29 bits per heavy atom. The quantitative estimate of drug-likeness (QED) is 0.519. The smallest absolute Gasteiger partial charge is 0.254 e. The summed E-state index contributed by atoms with van der Waals surface area (Å²) in [5.74, 6) is -1.23. The highest BCUT2D eigenvalue weighted by atomic mass is 32.2. The van der Waals surface area contributed by atoms with Crippen LogP contribution in [0.5, 0.6) is 0 Å². The van der Waals surface area contributed by atoms with Gasteiger partial charge < -0.3 is 20.6 Å². The van der Waals surface area contributed by atoms with E-state index < -0.39 is 21.2 Å². The highest BCUT2D eigenvalue weighted by molar-refractivity contribution is 7.90. The summed E-state index contributed by atoms with van der Waals surface area (Å²) in [4.78, 5) is 32.1. The average Bonchev–Trinajstić information content (AvgIpc) is 2.82. The fourth-order valence-corrected chi connectivity index (χ4v) is 5.41. The first-order chi connectivity index (χ1) is 16.6. The molecule has 2 aromatic rings. The largest absolute Gasteiger partial charge is 0.396 e. The monoisotopic (exact) mass is 504 g/mol. The molecular formula is C24H29FN4O5S. The number of benzene rings is 1. The van der Waals surface area contributed by atoms with Gasteiger partial charge in [-0.15, -0.1) is 0 Å². The molecule has 2 aliphatic heterocycles. The number of hydrogen-bond acceptors (Lipinski definition) is 7. The van der Waals surface area contributed by atoms with E-state index in [1.807, 2.05) is 0 Å². The molecule has 2 saturated heterocycles. The molecule has 35 heavy (non-hydrogen) atoms. The van der Waals surface area contributed by atoms with E-state index in [1.165, 1.54) is 12.1 Å². The van der Waals surface area contributed by atoms with Crippen molar-refractivity contribution in [1.29, 1.82) is 0 Å². The topological polar surface area (TPSA) is 129 Å². The summed E-state index contributed by atoms with van der Waals surface area (Å²) in [7, 11) is -3.61. The van der Waals surface area contributed by atoms with Crippen LogP contribution in [0.1, 0.15) is 36.9 Å². The van der Waals surface area contributed by atoms with Crippen LogP contribution < -0.4 is 10.6 Å². The SMILES string of the molecule is CS(=O)(=O)c1ccc(NC2(c3ccc(CCO)cn3)CCCN(C3CCNC(=O)C3)C2=O)c(F)c1. The van der Waals surface area contributed by atoms with E-state index in [2.05, 4.69) is 15.6 Å². The van der Waals surface area contributed by atoms with Gasteiger partial charge in [-0.25, -0.2) is 12.8 Å². The van der Waals surface area contributed by atoms with Gasteiger partial charge in [0.15, 0.2) is 15.4 Å². The highest BCUT2D eigenvalue weighted by Crippen LogP contribution is 2.38. The van der Waals surface area contributed by atoms with Crippen LogP contribution >= 0.6 is 0 Å². The molecule has 3 N–H and O–H groups in total. The summed E-state index contributed by atoms with van der Waals surface area (Å²) in [5.41, 5.74) is -0.243. The molecule has 9 nitrogen and oxygen atoms in total. The minimum absolute atomic E-state index is 0.0183. The number of rotatable bonds is 7. The molecule has 0 bridgehead atoms. The van der Waals surface area contributed by atoms with Crippen molar-refractivity contribution >= 4 is 27.3 Å². The van der Waals surface area contributed by atoms with E-state index in [1.54, 1.807) is 23.2 Å². The van der Waals surface area contributed by atoms with Crippen LogP contribution in [0.4, 0.5) is 10.1 Å². The molecule has 0 saturated carbocycles. The van der Waals surface area contributed by atoms with Gasteiger partial charge in [-0.2, -0.15) is 0 Å². The van der Waals surface area contributed by atoms with Gasteiger partial charge in [0.05, 0.1) is 16.3 Å². The van der Waals surface area contributed by atoms with Gasteiger partial charge in [0, 0.05) is 44.6 Å². The number of aromatic nitrogens is 1. The van der Waals surface area contributed by atoms with Crippen molar-refractivity contribution in [3.63, 3.8) is 0 Å². The molecule has 11 heteroatoms. The molecule has 1 aromatic carbocycles. The predicted octanol–water partition coefficient (Wildman–Crippen LogP) is 1.37. The zero-order valence-electron chi connectivity index (χ0n) is 19.5. The lowest BCUT2D eigenvalue weighted by molar-refractivity contribution is -0.144. The Labute approximate surface area is 203 Å². The highest BCUT2D eigenvalue weighted by Gasteiger charge is 2.49. The summed E-state index contributed by atoms with van der Waals surface area (Å²) in [6, 6.07) is 6.72. The number of pyridine rings is 1. The fourth-order valence-electron chi connectivity index (χ4n) is 4.78. The zero-order valence-corrected chi connectivity index (χ0v) is 20.3. The van der Waals surface area contributed by atoms with Gasteiger partial charge in [0.1, 0.15) is 5.82 Å². The van der Waals surface area contributed by atoms with Crippen LogP contribution in [0.25, 0.3) is 0 Å². The molecule has 0 spiro atoms. The van der Waals surface area contributed by atoms with Crippen LogP contribution in [0.2, 0.25) is 0 Å². The molecule has 1 aromatic heterocycles. The Hall–Kier alpha value is -3.05. The Kier molecular flexibility index (Phi) is 7.09. The fraction of sp³-hybridized carbons (Fsp3) is 0.458. The lowest BCUT2D eigenvalue weighted by atomic mass is 9.82. The molecule has 0 radical (unpaired) electrons. The first-order valence-corrected chi connectivity index (χ1v) is 13.4. The number of aliphatic hydroxyl groups is 1. The Balaban J connectivity index is 1.75. The summed E-state index contributed by atoms with van der Waals surface area (Å²) in [5, 5.41) is 15.1. The minimum Gasteiger partial charge on any atom is -0.396 e. The van der Waals surface area contributed by atoms with Gasteiger partial charge >= 0.3 is 0 Å². The third kappa shape index (κ3) is 5.15. The van der Waals surface area contributed by atoms with Crippen LogP contribution in [0, 0.1) is 5.82 Å². The summed E-state index contributed by atoms with van der Waals surface area (Å²) >= 11 is 0. The molecule has 2 atom stereocenters. The summed E-state index contributed by atoms with van der Waals surface area (Å²) in [6.07, 6.45) is 4.73. The minimum atomic E-state index is -3.61. The van der Waals surface area contributed by atoms with E-state index in [-0.39, 0.29) is 41.5 Å². The van der Waals surface area contributed by atoms with Crippen molar-refractivity contribution < 1.29 is 27.5 Å². The standard InChI is InChI=1S/C24H29FN4O5S/c1-35(33,34)18-4-5-20(19(25)14-18)28-24(21-6-3-16(8-12-30)15-27-21)9-2-11-29(23(24)32)17-7-10-26-22(31)13-17/h3-6,14-15,17,28,30H,2,7-13H2,1H3,(H,26,31). The van der Waals surface area contributed by atoms with Gasteiger partial charge in [-0.1, -0.05) is 6.07 Å². The van der Waals surface area contributed by atoms with Crippen LogP contribution in [-0.2, 0) is 31.4 Å². The first-order valence-electron chi connectivity index (χ1n) is 11.6. The van der Waals surface area contributed by atoms with E-state index >= 15 is 4.39 Å². The molecule has 2 aliphatic rings. The lowest BCUT2D eigenvalue weighted by Gasteiger charge is -2.46.